The number of aryl methyl sites for hydroxylation is 1. The minimum atomic E-state index is -1.29. The molecule has 0 aliphatic heterocycles. The topological polar surface area (TPSA) is 105 Å². The van der Waals surface area contributed by atoms with Crippen LogP contribution in [-0.4, -0.2) is 38.4 Å². The average Bonchev–Trinajstić information content (AvgIpc) is 3.60. The van der Waals surface area contributed by atoms with Gasteiger partial charge in [-0.3, -0.25) is 4.79 Å². The second-order valence-electron chi connectivity index (χ2n) is 9.35. The maximum absolute atomic E-state index is 13.3. The maximum atomic E-state index is 13.3. The molecule has 1 aromatic heterocycles. The highest BCUT2D eigenvalue weighted by molar-refractivity contribution is 7.83. The number of ether oxygens (including phenoxy) is 1. The molecule has 1 saturated carbocycles. The van der Waals surface area contributed by atoms with Gasteiger partial charge in [0.25, 0.3) is 0 Å². The second kappa shape index (κ2) is 11.2. The molecule has 3 N–H and O–H groups in total. The van der Waals surface area contributed by atoms with Crippen LogP contribution in [0.5, 0.6) is 11.5 Å². The van der Waals surface area contributed by atoms with Crippen molar-refractivity contribution in [2.45, 2.75) is 36.1 Å². The smallest absolute Gasteiger partial charge is 0.235 e. The Morgan fingerprint density at radius 3 is 2.63 bits per heavy atom. The Morgan fingerprint density at radius 1 is 1.11 bits per heavy atom. The van der Waals surface area contributed by atoms with Crippen LogP contribution in [0.3, 0.4) is 0 Å². The molecule has 1 atom stereocenters. The number of carbonyl (C=O) groups excluding carboxylic acids is 1. The summed E-state index contributed by atoms with van der Waals surface area (Å²) in [6.07, 6.45) is 7.75. The van der Waals surface area contributed by atoms with E-state index in [1.807, 2.05) is 59.3 Å². The van der Waals surface area contributed by atoms with Gasteiger partial charge in [-0.15, -0.1) is 0 Å². The molecule has 5 rings (SSSR count). The van der Waals surface area contributed by atoms with Gasteiger partial charge < -0.3 is 19.7 Å². The number of hydrogen-bond acceptors (Lipinski definition) is 5. The van der Waals surface area contributed by atoms with E-state index in [2.05, 4.69) is 15.0 Å². The summed E-state index contributed by atoms with van der Waals surface area (Å²) in [5.74, 6) is 0.335. The third-order valence-corrected chi connectivity index (χ3v) is 7.99. The molecule has 0 bridgehead atoms. The predicted molar refractivity (Wildman–Crippen MR) is 147 cm³/mol. The summed E-state index contributed by atoms with van der Waals surface area (Å²) in [6.45, 7) is 1.45. The van der Waals surface area contributed by atoms with Gasteiger partial charge in [0, 0.05) is 31.2 Å². The van der Waals surface area contributed by atoms with Crippen molar-refractivity contribution in [2.75, 3.05) is 19.0 Å². The quantitative estimate of drug-likeness (QED) is 0.245. The number of phenols is 1. The van der Waals surface area contributed by atoms with E-state index in [0.29, 0.717) is 22.9 Å². The van der Waals surface area contributed by atoms with Crippen LogP contribution < -0.4 is 14.8 Å². The standard InChI is InChI=1S/C29H30N4O4S/c1-37-27-19-23(8-11-26(27)34)29(12-13-29)28(35)32-24-5-2-4-22(18-24)21-6-9-25(10-7-21)38(36)31-14-3-16-33-17-15-30-20-33/h2,4-11,15,17-20,31,34H,3,12-14,16H2,1H3,(H,32,35). The summed E-state index contributed by atoms with van der Waals surface area (Å²) < 4.78 is 22.9. The lowest BCUT2D eigenvalue weighted by molar-refractivity contribution is -0.118. The van der Waals surface area contributed by atoms with Gasteiger partial charge in [0.05, 0.1) is 23.7 Å². The Bertz CT molecular complexity index is 1430. The van der Waals surface area contributed by atoms with Crippen LogP contribution in [0.15, 0.2) is 90.3 Å². The van der Waals surface area contributed by atoms with E-state index in [-0.39, 0.29) is 11.7 Å². The molecule has 3 aromatic carbocycles. The summed E-state index contributed by atoms with van der Waals surface area (Å²) in [7, 11) is 0.205. The molecule has 196 valence electrons. The number of aromatic hydroxyl groups is 1. The van der Waals surface area contributed by atoms with E-state index in [0.717, 1.165) is 42.5 Å². The number of imidazole rings is 1. The normalized spacial score (nSPS) is 14.6. The predicted octanol–water partition coefficient (Wildman–Crippen LogP) is 4.64. The van der Waals surface area contributed by atoms with E-state index < -0.39 is 16.4 Å². The van der Waals surface area contributed by atoms with Gasteiger partial charge in [0.2, 0.25) is 5.91 Å². The molecule has 38 heavy (non-hydrogen) atoms. The Morgan fingerprint density at radius 2 is 1.92 bits per heavy atom. The van der Waals surface area contributed by atoms with Crippen LogP contribution in [0.4, 0.5) is 5.69 Å². The van der Waals surface area contributed by atoms with Gasteiger partial charge in [-0.1, -0.05) is 30.3 Å². The summed E-state index contributed by atoms with van der Waals surface area (Å²) >= 11 is 0. The van der Waals surface area contributed by atoms with Crippen LogP contribution in [0.1, 0.15) is 24.8 Å². The Balaban J connectivity index is 1.21. The first kappa shape index (κ1) is 25.7. The highest BCUT2D eigenvalue weighted by Crippen LogP contribution is 2.50. The number of carbonyl (C=O) groups is 1. The lowest BCUT2D eigenvalue weighted by Crippen LogP contribution is -2.27. The zero-order valence-corrected chi connectivity index (χ0v) is 21.9. The second-order valence-corrected chi connectivity index (χ2v) is 10.6. The minimum Gasteiger partial charge on any atom is -0.504 e. The van der Waals surface area contributed by atoms with Crippen molar-refractivity contribution in [2.24, 2.45) is 0 Å². The molecule has 1 unspecified atom stereocenters. The zero-order chi connectivity index (χ0) is 26.5. The van der Waals surface area contributed by atoms with Crippen molar-refractivity contribution in [1.82, 2.24) is 14.3 Å². The third-order valence-electron chi connectivity index (χ3n) is 6.82. The fourth-order valence-corrected chi connectivity index (χ4v) is 5.35. The number of rotatable bonds is 11. The lowest BCUT2D eigenvalue weighted by Gasteiger charge is -2.17. The number of aromatic nitrogens is 2. The number of phenolic OH excluding ortho intramolecular Hbond substituents is 1. The number of anilines is 1. The molecule has 1 heterocycles. The van der Waals surface area contributed by atoms with E-state index in [4.69, 9.17) is 4.74 Å². The highest BCUT2D eigenvalue weighted by Gasteiger charge is 2.51. The van der Waals surface area contributed by atoms with Gasteiger partial charge >= 0.3 is 0 Å². The number of nitrogens with zero attached hydrogens (tertiary/aromatic N) is 2. The van der Waals surface area contributed by atoms with Gasteiger partial charge in [0.15, 0.2) is 11.5 Å². The number of nitrogens with one attached hydrogen (secondary N) is 2. The average molecular weight is 531 g/mol. The molecule has 8 nitrogen and oxygen atoms in total. The molecule has 1 fully saturated rings. The third kappa shape index (κ3) is 5.64. The largest absolute Gasteiger partial charge is 0.504 e. The van der Waals surface area contributed by atoms with Gasteiger partial charge in [-0.2, -0.15) is 0 Å². The molecule has 4 aromatic rings. The molecule has 0 saturated heterocycles. The molecule has 1 aliphatic carbocycles. The van der Waals surface area contributed by atoms with Crippen LogP contribution >= 0.6 is 0 Å². The Hall–Kier alpha value is -3.95. The van der Waals surface area contributed by atoms with Crippen molar-refractivity contribution in [1.29, 1.82) is 0 Å². The Labute approximate surface area is 224 Å². The molecule has 1 amide bonds. The molecule has 9 heteroatoms. The van der Waals surface area contributed by atoms with E-state index in [1.165, 1.54) is 7.11 Å². The minimum absolute atomic E-state index is 0.0522. The zero-order valence-electron chi connectivity index (χ0n) is 21.1. The first-order chi connectivity index (χ1) is 18.5. The van der Waals surface area contributed by atoms with Crippen molar-refractivity contribution < 1.29 is 18.8 Å². The maximum Gasteiger partial charge on any atom is 0.235 e. The van der Waals surface area contributed by atoms with Gasteiger partial charge in [-0.05, 0) is 72.4 Å². The van der Waals surface area contributed by atoms with E-state index in [9.17, 15) is 14.1 Å². The monoisotopic (exact) mass is 530 g/mol. The number of hydrogen-bond donors (Lipinski definition) is 3. The Kier molecular flexibility index (Phi) is 7.57. The van der Waals surface area contributed by atoms with Crippen molar-refractivity contribution >= 4 is 22.6 Å². The van der Waals surface area contributed by atoms with E-state index >= 15 is 0 Å². The number of methoxy groups -OCH3 is 1. The fraction of sp³-hybridized carbons (Fsp3) is 0.241. The van der Waals surface area contributed by atoms with Crippen molar-refractivity contribution in [3.8, 4) is 22.6 Å². The summed E-state index contributed by atoms with van der Waals surface area (Å²) in [5.41, 5.74) is 2.83. The number of amides is 1. The van der Waals surface area contributed by atoms with Crippen LogP contribution in [0.2, 0.25) is 0 Å². The fourth-order valence-electron chi connectivity index (χ4n) is 4.47. The molecule has 1 aliphatic rings. The van der Waals surface area contributed by atoms with Crippen LogP contribution in [-0.2, 0) is 27.7 Å². The number of benzene rings is 3. The summed E-state index contributed by atoms with van der Waals surface area (Å²) in [5, 5.41) is 13.0. The van der Waals surface area contributed by atoms with Gasteiger partial charge in [0.1, 0.15) is 11.0 Å². The van der Waals surface area contributed by atoms with Crippen LogP contribution in [0, 0.1) is 0 Å². The molecule has 0 radical (unpaired) electrons. The SMILES string of the molecule is COc1cc(C2(C(=O)Nc3cccc(-c4ccc(S(=O)NCCCn5ccnc5)cc4)c3)CC2)ccc1O. The first-order valence-electron chi connectivity index (χ1n) is 12.5. The summed E-state index contributed by atoms with van der Waals surface area (Å²) in [6, 6.07) is 20.4. The van der Waals surface area contributed by atoms with Gasteiger partial charge in [-0.25, -0.2) is 13.9 Å². The van der Waals surface area contributed by atoms with E-state index in [1.54, 1.807) is 30.7 Å². The van der Waals surface area contributed by atoms with Crippen molar-refractivity contribution in [3.05, 3.63) is 91.0 Å². The first-order valence-corrected chi connectivity index (χ1v) is 13.6. The molecule has 0 spiro atoms. The highest BCUT2D eigenvalue weighted by atomic mass is 32.2. The van der Waals surface area contributed by atoms with Crippen molar-refractivity contribution in [3.63, 3.8) is 0 Å². The van der Waals surface area contributed by atoms with Crippen LogP contribution in [0.25, 0.3) is 11.1 Å². The molecular formula is C29H30N4O4S. The lowest BCUT2D eigenvalue weighted by atomic mass is 9.94. The molecular weight excluding hydrogens is 500 g/mol. The summed E-state index contributed by atoms with van der Waals surface area (Å²) in [4.78, 5) is 18.0.